The van der Waals surface area contributed by atoms with Crippen LogP contribution in [0.1, 0.15) is 37.8 Å². The molecule has 2 aliphatic heterocycles. The Morgan fingerprint density at radius 2 is 2.20 bits per heavy atom. The topological polar surface area (TPSA) is 94.6 Å². The van der Waals surface area contributed by atoms with Crippen molar-refractivity contribution in [2.45, 2.75) is 38.6 Å². The number of aryl methyl sites for hydroxylation is 1. The minimum absolute atomic E-state index is 0.0604. The van der Waals surface area contributed by atoms with E-state index >= 15 is 0 Å². The van der Waals surface area contributed by atoms with Gasteiger partial charge in [-0.05, 0) is 19.8 Å². The first-order chi connectivity index (χ1) is 12.2. The Morgan fingerprint density at radius 1 is 1.32 bits per heavy atom. The van der Waals surface area contributed by atoms with Gasteiger partial charge in [0, 0.05) is 18.8 Å². The molecular weight excluding hydrogens is 320 g/mol. The molecule has 3 aromatic heterocycles. The van der Waals surface area contributed by atoms with Gasteiger partial charge in [0.05, 0.1) is 6.20 Å². The van der Waals surface area contributed by atoms with Gasteiger partial charge >= 0.3 is 0 Å². The van der Waals surface area contributed by atoms with Crippen molar-refractivity contribution in [2.24, 2.45) is 0 Å². The Kier molecular flexibility index (Phi) is 2.69. The van der Waals surface area contributed by atoms with E-state index in [-0.39, 0.29) is 5.91 Å². The van der Waals surface area contributed by atoms with Crippen LogP contribution in [0.25, 0.3) is 11.6 Å². The molecule has 9 heteroatoms. The highest BCUT2D eigenvalue weighted by Gasteiger charge is 2.54. The summed E-state index contributed by atoms with van der Waals surface area (Å²) in [4.78, 5) is 27.7. The van der Waals surface area contributed by atoms with Crippen LogP contribution in [-0.2, 0) is 10.3 Å². The molecule has 1 fully saturated rings. The highest BCUT2D eigenvalue weighted by molar-refractivity contribution is 5.99. The number of imidazole rings is 1. The fourth-order valence-corrected chi connectivity index (χ4v) is 3.94. The largest absolute Gasteiger partial charge is 0.281 e. The summed E-state index contributed by atoms with van der Waals surface area (Å²) in [5.41, 5.74) is 0.243. The molecule has 0 aliphatic carbocycles. The summed E-state index contributed by atoms with van der Waals surface area (Å²) in [6.45, 7) is 3.97. The lowest BCUT2D eigenvalue weighted by atomic mass is 9.90. The van der Waals surface area contributed by atoms with Gasteiger partial charge in [-0.1, -0.05) is 6.92 Å². The number of hydrogen-bond donors (Lipinski definition) is 0. The van der Waals surface area contributed by atoms with Crippen LogP contribution in [0, 0.1) is 6.92 Å². The number of fused-ring (bicyclic) bond motifs is 6. The Bertz CT molecular complexity index is 992. The van der Waals surface area contributed by atoms with Crippen LogP contribution in [0.15, 0.2) is 24.9 Å². The fourth-order valence-electron chi connectivity index (χ4n) is 3.94. The van der Waals surface area contributed by atoms with Gasteiger partial charge in [0.2, 0.25) is 11.9 Å². The zero-order valence-electron chi connectivity index (χ0n) is 13.9. The summed E-state index contributed by atoms with van der Waals surface area (Å²) in [7, 11) is 0. The van der Waals surface area contributed by atoms with Crippen molar-refractivity contribution in [3.05, 3.63) is 36.6 Å². The van der Waals surface area contributed by atoms with Gasteiger partial charge in [0.1, 0.15) is 23.4 Å². The van der Waals surface area contributed by atoms with Gasteiger partial charge in [-0.2, -0.15) is 4.98 Å². The molecular formula is C16H16N8O. The molecule has 0 radical (unpaired) electrons. The molecule has 1 saturated heterocycles. The van der Waals surface area contributed by atoms with E-state index < -0.39 is 5.54 Å². The molecule has 126 valence electrons. The van der Waals surface area contributed by atoms with E-state index in [1.54, 1.807) is 34.4 Å². The molecule has 0 spiro atoms. The normalized spacial score (nSPS) is 21.2. The predicted molar refractivity (Wildman–Crippen MR) is 87.5 cm³/mol. The molecule has 0 unspecified atom stereocenters. The van der Waals surface area contributed by atoms with E-state index in [0.29, 0.717) is 24.6 Å². The Morgan fingerprint density at radius 3 is 2.96 bits per heavy atom. The number of carbonyl (C=O) groups is 1. The summed E-state index contributed by atoms with van der Waals surface area (Å²) in [6, 6.07) is 0. The summed E-state index contributed by atoms with van der Waals surface area (Å²) in [5, 5.41) is 8.65. The minimum Gasteiger partial charge on any atom is -0.281 e. The highest BCUT2D eigenvalue weighted by Crippen LogP contribution is 2.49. The first-order valence-electron chi connectivity index (χ1n) is 8.27. The lowest BCUT2D eigenvalue weighted by Crippen LogP contribution is -2.48. The Balaban J connectivity index is 1.82. The second-order valence-corrected chi connectivity index (χ2v) is 6.37. The van der Waals surface area contributed by atoms with Crippen LogP contribution in [0.4, 0.5) is 5.82 Å². The van der Waals surface area contributed by atoms with Crippen LogP contribution in [-0.4, -0.2) is 40.2 Å². The van der Waals surface area contributed by atoms with Gasteiger partial charge in [-0.15, -0.1) is 10.2 Å². The second-order valence-electron chi connectivity index (χ2n) is 6.37. The van der Waals surface area contributed by atoms with Crippen molar-refractivity contribution in [2.75, 3.05) is 4.90 Å². The number of nitrogens with zero attached hydrogens (tertiary/aromatic N) is 8. The van der Waals surface area contributed by atoms with E-state index in [0.717, 1.165) is 23.8 Å². The van der Waals surface area contributed by atoms with E-state index in [4.69, 9.17) is 4.98 Å². The predicted octanol–water partition coefficient (Wildman–Crippen LogP) is 1.30. The smallest absolute Gasteiger partial charge is 0.237 e. The molecule has 2 aliphatic rings. The molecule has 25 heavy (non-hydrogen) atoms. The summed E-state index contributed by atoms with van der Waals surface area (Å²) in [6.07, 6.45) is 8.75. The zero-order valence-corrected chi connectivity index (χ0v) is 13.9. The average Bonchev–Trinajstić information content (AvgIpc) is 3.35. The summed E-state index contributed by atoms with van der Waals surface area (Å²) >= 11 is 0. The first kappa shape index (κ1) is 14.3. The van der Waals surface area contributed by atoms with E-state index in [2.05, 4.69) is 27.1 Å². The summed E-state index contributed by atoms with van der Waals surface area (Å²) < 4.78 is 3.70. The molecule has 0 aromatic carbocycles. The third-order valence-electron chi connectivity index (χ3n) is 5.18. The van der Waals surface area contributed by atoms with Gasteiger partial charge in [-0.25, -0.2) is 9.97 Å². The summed E-state index contributed by atoms with van der Waals surface area (Å²) in [5.74, 6) is 2.71. The fraction of sp³-hybridized carbons (Fsp3) is 0.375. The van der Waals surface area contributed by atoms with E-state index in [1.807, 2.05) is 11.5 Å². The molecule has 1 atom stereocenters. The number of carbonyl (C=O) groups excluding carboxylic acids is 1. The first-order valence-corrected chi connectivity index (χ1v) is 8.27. The van der Waals surface area contributed by atoms with Crippen LogP contribution in [0.2, 0.25) is 0 Å². The van der Waals surface area contributed by atoms with Gasteiger partial charge in [0.25, 0.3) is 0 Å². The molecule has 3 aromatic rings. The number of amides is 1. The van der Waals surface area contributed by atoms with Crippen LogP contribution in [0.5, 0.6) is 0 Å². The van der Waals surface area contributed by atoms with Crippen molar-refractivity contribution in [3.63, 3.8) is 0 Å². The van der Waals surface area contributed by atoms with Crippen molar-refractivity contribution < 1.29 is 4.79 Å². The zero-order chi connectivity index (χ0) is 17.2. The van der Waals surface area contributed by atoms with Gasteiger partial charge in [0.15, 0.2) is 11.6 Å². The van der Waals surface area contributed by atoms with E-state index in [9.17, 15) is 4.79 Å². The lowest BCUT2D eigenvalue weighted by molar-refractivity contribution is -0.117. The minimum atomic E-state index is -0.494. The molecule has 5 rings (SSSR count). The molecule has 1 amide bonds. The molecule has 0 saturated carbocycles. The average molecular weight is 336 g/mol. The number of anilines is 1. The SMILES string of the molecule is CC[C@@]12CCC(=O)N1c1nc(-n3ccnc3)ncc1-n1c(C)nnc12. The van der Waals surface area contributed by atoms with Crippen molar-refractivity contribution in [1.29, 1.82) is 0 Å². The lowest BCUT2D eigenvalue weighted by Gasteiger charge is -2.40. The maximum atomic E-state index is 12.7. The van der Waals surface area contributed by atoms with E-state index in [1.165, 1.54) is 0 Å². The van der Waals surface area contributed by atoms with Crippen LogP contribution in [0.3, 0.4) is 0 Å². The van der Waals surface area contributed by atoms with Gasteiger partial charge < -0.3 is 0 Å². The number of aromatic nitrogens is 7. The third-order valence-corrected chi connectivity index (χ3v) is 5.18. The standard InChI is InChI=1S/C16H16N8O/c1-3-16-5-4-12(25)24(16)13-11(23-10(2)20-21-14(16)23)8-18-15(19-13)22-7-6-17-9-22/h6-9H,3-5H2,1-2H3/t16-/m0/s1. The second kappa shape index (κ2) is 4.71. The van der Waals surface area contributed by atoms with Crippen LogP contribution >= 0.6 is 0 Å². The van der Waals surface area contributed by atoms with Gasteiger partial charge in [-0.3, -0.25) is 18.8 Å². The number of rotatable bonds is 2. The Labute approximate surface area is 143 Å². The highest BCUT2D eigenvalue weighted by atomic mass is 16.2. The quantitative estimate of drug-likeness (QED) is 0.700. The number of hydrogen-bond acceptors (Lipinski definition) is 6. The monoisotopic (exact) mass is 336 g/mol. The maximum absolute atomic E-state index is 12.7. The molecule has 0 bridgehead atoms. The van der Waals surface area contributed by atoms with Crippen LogP contribution < -0.4 is 4.90 Å². The molecule has 0 N–H and O–H groups in total. The molecule has 5 heterocycles. The Hall–Kier alpha value is -3.10. The van der Waals surface area contributed by atoms with Crippen molar-refractivity contribution in [1.82, 2.24) is 34.3 Å². The van der Waals surface area contributed by atoms with Crippen molar-refractivity contribution in [3.8, 4) is 11.6 Å². The molecule has 9 nitrogen and oxygen atoms in total. The third kappa shape index (κ3) is 1.67. The maximum Gasteiger partial charge on any atom is 0.237 e. The van der Waals surface area contributed by atoms with Crippen molar-refractivity contribution >= 4 is 11.7 Å².